The van der Waals surface area contributed by atoms with Crippen LogP contribution >= 0.6 is 0 Å². The highest BCUT2D eigenvalue weighted by Crippen LogP contribution is 2.35. The molecule has 0 bridgehead atoms. The fourth-order valence-corrected chi connectivity index (χ4v) is 4.94. The molecule has 0 radical (unpaired) electrons. The van der Waals surface area contributed by atoms with E-state index in [1.165, 1.54) is 12.8 Å². The molecular formula is C24H32N6O3. The first-order valence-electron chi connectivity index (χ1n) is 11.8. The number of fused-ring (bicyclic) bond motifs is 1. The fraction of sp³-hybridized carbons (Fsp3) is 0.542. The average molecular weight is 453 g/mol. The van der Waals surface area contributed by atoms with E-state index in [4.69, 9.17) is 24.4 Å². The summed E-state index contributed by atoms with van der Waals surface area (Å²) in [5.41, 5.74) is 2.38. The number of nitrogens with one attached hydrogen (secondary N) is 2. The van der Waals surface area contributed by atoms with E-state index >= 15 is 0 Å². The van der Waals surface area contributed by atoms with Crippen molar-refractivity contribution in [3.05, 3.63) is 24.5 Å². The Kier molecular flexibility index (Phi) is 6.22. The second-order valence-electron chi connectivity index (χ2n) is 9.03. The molecule has 2 fully saturated rings. The lowest BCUT2D eigenvalue weighted by molar-refractivity contribution is 0.126. The van der Waals surface area contributed by atoms with Crippen molar-refractivity contribution in [2.45, 2.75) is 69.6 Å². The number of methoxy groups -OCH3 is 2. The van der Waals surface area contributed by atoms with Crippen molar-refractivity contribution in [1.29, 1.82) is 0 Å². The Hall–Kier alpha value is -3.07. The highest BCUT2D eigenvalue weighted by molar-refractivity contribution is 5.87. The van der Waals surface area contributed by atoms with Crippen LogP contribution in [0.15, 0.2) is 24.5 Å². The average Bonchev–Trinajstić information content (AvgIpc) is 3.50. The third kappa shape index (κ3) is 4.68. The van der Waals surface area contributed by atoms with Gasteiger partial charge >= 0.3 is 0 Å². The van der Waals surface area contributed by atoms with E-state index in [1.54, 1.807) is 14.2 Å². The van der Waals surface area contributed by atoms with Gasteiger partial charge in [0, 0.05) is 36.0 Å². The number of anilines is 3. The topological polar surface area (TPSA) is 106 Å². The molecule has 2 saturated carbocycles. The Labute approximate surface area is 193 Å². The van der Waals surface area contributed by atoms with Crippen LogP contribution in [-0.4, -0.2) is 51.0 Å². The van der Waals surface area contributed by atoms with Crippen molar-refractivity contribution in [3.8, 4) is 11.5 Å². The van der Waals surface area contributed by atoms with E-state index in [1.807, 2.05) is 24.5 Å². The largest absolute Gasteiger partial charge is 0.497 e. The molecule has 3 aromatic rings. The summed E-state index contributed by atoms with van der Waals surface area (Å²) in [4.78, 5) is 14.4. The molecule has 9 nitrogen and oxygen atoms in total. The molecule has 176 valence electrons. The SMILES string of the molecule is COc1cc(Nc2nc(NC3CCC(O)CC3)nc3c2ncn3C2CCCC2)cc(OC)c1. The molecule has 9 heteroatoms. The van der Waals surface area contributed by atoms with E-state index in [0.29, 0.717) is 29.3 Å². The third-order valence-electron chi connectivity index (χ3n) is 6.78. The summed E-state index contributed by atoms with van der Waals surface area (Å²) in [5.74, 6) is 2.61. The maximum Gasteiger partial charge on any atom is 0.227 e. The van der Waals surface area contributed by atoms with Crippen molar-refractivity contribution in [3.63, 3.8) is 0 Å². The number of ether oxygens (including phenoxy) is 2. The summed E-state index contributed by atoms with van der Waals surface area (Å²) >= 11 is 0. The molecule has 2 aliphatic carbocycles. The van der Waals surface area contributed by atoms with Crippen molar-refractivity contribution in [2.75, 3.05) is 24.9 Å². The summed E-state index contributed by atoms with van der Waals surface area (Å²) in [6, 6.07) is 6.31. The summed E-state index contributed by atoms with van der Waals surface area (Å²) in [5, 5.41) is 16.8. The predicted octanol–water partition coefficient (Wildman–Crippen LogP) is 4.42. The van der Waals surface area contributed by atoms with Crippen LogP contribution in [0.3, 0.4) is 0 Å². The maximum atomic E-state index is 9.86. The molecule has 0 atom stereocenters. The van der Waals surface area contributed by atoms with E-state index in [0.717, 1.165) is 55.4 Å². The monoisotopic (exact) mass is 452 g/mol. The Morgan fingerprint density at radius 2 is 1.64 bits per heavy atom. The van der Waals surface area contributed by atoms with E-state index in [-0.39, 0.29) is 12.1 Å². The molecule has 0 saturated heterocycles. The number of aliphatic hydroxyl groups is 1. The highest BCUT2D eigenvalue weighted by Gasteiger charge is 2.24. The molecule has 0 unspecified atom stereocenters. The van der Waals surface area contributed by atoms with Gasteiger partial charge < -0.3 is 29.8 Å². The first-order valence-corrected chi connectivity index (χ1v) is 11.8. The Morgan fingerprint density at radius 1 is 0.939 bits per heavy atom. The molecule has 0 aliphatic heterocycles. The highest BCUT2D eigenvalue weighted by atomic mass is 16.5. The zero-order valence-corrected chi connectivity index (χ0v) is 19.3. The molecule has 33 heavy (non-hydrogen) atoms. The Balaban J connectivity index is 1.52. The number of rotatable bonds is 7. The van der Waals surface area contributed by atoms with Crippen LogP contribution < -0.4 is 20.1 Å². The van der Waals surface area contributed by atoms with Crippen molar-refractivity contribution < 1.29 is 14.6 Å². The number of imidazole rings is 1. The van der Waals surface area contributed by atoms with E-state index in [9.17, 15) is 5.11 Å². The first kappa shape index (κ1) is 21.8. The molecule has 3 N–H and O–H groups in total. The molecule has 2 aliphatic rings. The van der Waals surface area contributed by atoms with Gasteiger partial charge in [-0.15, -0.1) is 0 Å². The maximum absolute atomic E-state index is 9.86. The van der Waals surface area contributed by atoms with Gasteiger partial charge in [-0.2, -0.15) is 9.97 Å². The van der Waals surface area contributed by atoms with E-state index < -0.39 is 0 Å². The van der Waals surface area contributed by atoms with Crippen molar-refractivity contribution >= 4 is 28.6 Å². The van der Waals surface area contributed by atoms with Gasteiger partial charge in [-0.05, 0) is 38.5 Å². The van der Waals surface area contributed by atoms with Crippen LogP contribution in [0, 0.1) is 0 Å². The molecule has 0 amide bonds. The minimum atomic E-state index is -0.199. The summed E-state index contributed by atoms with van der Waals surface area (Å²) in [7, 11) is 3.27. The Bertz CT molecular complexity index is 1080. The summed E-state index contributed by atoms with van der Waals surface area (Å²) < 4.78 is 13.0. The number of hydrogen-bond acceptors (Lipinski definition) is 8. The number of aromatic nitrogens is 4. The van der Waals surface area contributed by atoms with Crippen LogP contribution in [0.5, 0.6) is 11.5 Å². The predicted molar refractivity (Wildman–Crippen MR) is 128 cm³/mol. The van der Waals surface area contributed by atoms with Crippen LogP contribution in [0.25, 0.3) is 11.2 Å². The summed E-state index contributed by atoms with van der Waals surface area (Å²) in [6.07, 6.45) is 9.87. The molecule has 2 aromatic heterocycles. The zero-order chi connectivity index (χ0) is 22.8. The smallest absolute Gasteiger partial charge is 0.227 e. The molecule has 1 aromatic carbocycles. The molecule has 0 spiro atoms. The number of nitrogens with zero attached hydrogens (tertiary/aromatic N) is 4. The lowest BCUT2D eigenvalue weighted by atomic mass is 9.93. The lowest BCUT2D eigenvalue weighted by Crippen LogP contribution is -2.29. The molecular weight excluding hydrogens is 420 g/mol. The van der Waals surface area contributed by atoms with Crippen LogP contribution in [-0.2, 0) is 0 Å². The van der Waals surface area contributed by atoms with Gasteiger partial charge in [0.1, 0.15) is 11.5 Å². The normalized spacial score (nSPS) is 21.3. The van der Waals surface area contributed by atoms with Gasteiger partial charge in [-0.3, -0.25) is 0 Å². The van der Waals surface area contributed by atoms with Gasteiger partial charge in [-0.25, -0.2) is 4.98 Å². The van der Waals surface area contributed by atoms with Gasteiger partial charge in [0.15, 0.2) is 17.0 Å². The minimum absolute atomic E-state index is 0.199. The second kappa shape index (κ2) is 9.43. The zero-order valence-electron chi connectivity index (χ0n) is 19.3. The van der Waals surface area contributed by atoms with E-state index in [2.05, 4.69) is 15.2 Å². The van der Waals surface area contributed by atoms with Crippen LogP contribution in [0.2, 0.25) is 0 Å². The number of benzene rings is 1. The fourth-order valence-electron chi connectivity index (χ4n) is 4.94. The van der Waals surface area contributed by atoms with Crippen molar-refractivity contribution in [1.82, 2.24) is 19.5 Å². The van der Waals surface area contributed by atoms with Crippen LogP contribution in [0.1, 0.15) is 57.4 Å². The Morgan fingerprint density at radius 3 is 2.30 bits per heavy atom. The third-order valence-corrected chi connectivity index (χ3v) is 6.78. The molecule has 5 rings (SSSR count). The van der Waals surface area contributed by atoms with Gasteiger partial charge in [0.2, 0.25) is 5.95 Å². The quantitative estimate of drug-likeness (QED) is 0.484. The van der Waals surface area contributed by atoms with Crippen molar-refractivity contribution in [2.24, 2.45) is 0 Å². The lowest BCUT2D eigenvalue weighted by Gasteiger charge is -2.26. The standard InChI is InChI=1S/C24H32N6O3/c1-32-19-11-16(12-20(13-19)33-2)26-22-21-23(30(14-25-21)17-5-3-4-6-17)29-24(28-22)27-15-7-9-18(31)10-8-15/h11-15,17-18,31H,3-10H2,1-2H3,(H2,26,27,28,29). The molecule has 2 heterocycles. The number of hydrogen-bond donors (Lipinski definition) is 3. The first-order chi connectivity index (χ1) is 16.1. The van der Waals surface area contributed by atoms with Gasteiger partial charge in [-0.1, -0.05) is 12.8 Å². The van der Waals surface area contributed by atoms with Crippen LogP contribution in [0.4, 0.5) is 17.5 Å². The van der Waals surface area contributed by atoms with Gasteiger partial charge in [0.05, 0.1) is 26.7 Å². The second-order valence-corrected chi connectivity index (χ2v) is 9.03. The number of aliphatic hydroxyl groups excluding tert-OH is 1. The minimum Gasteiger partial charge on any atom is -0.497 e. The summed E-state index contributed by atoms with van der Waals surface area (Å²) in [6.45, 7) is 0. The van der Waals surface area contributed by atoms with Gasteiger partial charge in [0.25, 0.3) is 0 Å².